The number of nitrogens with zero attached hydrogens (tertiary/aromatic N) is 2. The molecule has 0 spiro atoms. The Morgan fingerprint density at radius 1 is 1.00 bits per heavy atom. The highest BCUT2D eigenvalue weighted by molar-refractivity contribution is 6.07. The van der Waals surface area contributed by atoms with Gasteiger partial charge < -0.3 is 19.5 Å². The molecule has 1 N–H and O–H groups in total. The van der Waals surface area contributed by atoms with Crippen molar-refractivity contribution in [1.29, 1.82) is 0 Å². The monoisotopic (exact) mass is 385 g/mol. The van der Waals surface area contributed by atoms with Crippen LogP contribution in [0.4, 0.5) is 11.4 Å². The lowest BCUT2D eigenvalue weighted by Gasteiger charge is -2.35. The van der Waals surface area contributed by atoms with Crippen LogP contribution in [-0.2, 0) is 0 Å². The number of fused-ring (bicyclic) bond motifs is 1. The summed E-state index contributed by atoms with van der Waals surface area (Å²) in [7, 11) is 2.13. The summed E-state index contributed by atoms with van der Waals surface area (Å²) in [5, 5.41) is 4.03. The van der Waals surface area contributed by atoms with Crippen molar-refractivity contribution in [2.45, 2.75) is 6.92 Å². The molecule has 1 amide bonds. The molecular formula is C21H24ClN3O2. The Morgan fingerprint density at radius 2 is 1.67 bits per heavy atom. The second-order valence-electron chi connectivity index (χ2n) is 6.81. The Balaban J connectivity index is 0.00000210. The molecule has 0 atom stereocenters. The first-order valence-corrected chi connectivity index (χ1v) is 8.95. The molecule has 1 fully saturated rings. The Kier molecular flexibility index (Phi) is 5.73. The predicted octanol–water partition coefficient (Wildman–Crippen LogP) is 4.17. The number of nitrogens with one attached hydrogen (secondary N) is 1. The van der Waals surface area contributed by atoms with Crippen LogP contribution in [-0.4, -0.2) is 44.0 Å². The third kappa shape index (κ3) is 3.80. The highest BCUT2D eigenvalue weighted by Crippen LogP contribution is 2.29. The van der Waals surface area contributed by atoms with Crippen LogP contribution < -0.4 is 10.2 Å². The summed E-state index contributed by atoms with van der Waals surface area (Å²) in [5.74, 6) is 0.166. The Morgan fingerprint density at radius 3 is 2.41 bits per heavy atom. The number of amides is 1. The van der Waals surface area contributed by atoms with E-state index in [4.69, 9.17) is 4.42 Å². The second kappa shape index (κ2) is 8.03. The number of hydrogen-bond acceptors (Lipinski definition) is 4. The molecule has 2 heterocycles. The van der Waals surface area contributed by atoms with Crippen molar-refractivity contribution in [3.05, 3.63) is 59.9 Å². The van der Waals surface area contributed by atoms with E-state index in [1.165, 1.54) is 0 Å². The summed E-state index contributed by atoms with van der Waals surface area (Å²) in [6.07, 6.45) is 0. The minimum Gasteiger partial charge on any atom is -0.451 e. The topological polar surface area (TPSA) is 48.7 Å². The average molecular weight is 386 g/mol. The van der Waals surface area contributed by atoms with Gasteiger partial charge in [-0.3, -0.25) is 4.79 Å². The molecule has 1 aliphatic rings. The number of carbonyl (C=O) groups is 1. The Labute approximate surface area is 165 Å². The van der Waals surface area contributed by atoms with E-state index in [0.717, 1.165) is 54.1 Å². The van der Waals surface area contributed by atoms with E-state index in [0.29, 0.717) is 5.76 Å². The maximum Gasteiger partial charge on any atom is 0.291 e. The van der Waals surface area contributed by atoms with Gasteiger partial charge in [-0.1, -0.05) is 30.3 Å². The number of halogens is 1. The summed E-state index contributed by atoms with van der Waals surface area (Å²) in [5.41, 5.74) is 3.49. The number of anilines is 2. The van der Waals surface area contributed by atoms with Gasteiger partial charge in [0.25, 0.3) is 5.91 Å². The minimum absolute atomic E-state index is 0. The fraction of sp³-hybridized carbons (Fsp3) is 0.286. The molecule has 5 nitrogen and oxygen atoms in total. The minimum atomic E-state index is -0.208. The van der Waals surface area contributed by atoms with Gasteiger partial charge >= 0.3 is 0 Å². The Bertz CT molecular complexity index is 946. The van der Waals surface area contributed by atoms with Crippen molar-refractivity contribution in [2.24, 2.45) is 0 Å². The number of para-hydroxylation sites is 3. The number of furan rings is 1. The predicted molar refractivity (Wildman–Crippen MR) is 112 cm³/mol. The molecule has 1 aromatic heterocycles. The zero-order chi connectivity index (χ0) is 18.1. The van der Waals surface area contributed by atoms with Crippen molar-refractivity contribution in [3.8, 4) is 0 Å². The van der Waals surface area contributed by atoms with Gasteiger partial charge in [-0.2, -0.15) is 0 Å². The molecule has 1 aliphatic heterocycles. The van der Waals surface area contributed by atoms with E-state index in [2.05, 4.69) is 28.2 Å². The SMILES string of the molecule is Cc1c(C(=O)Nc2ccccc2N2CCN(C)CC2)oc2ccccc12.Cl. The zero-order valence-corrected chi connectivity index (χ0v) is 16.4. The van der Waals surface area contributed by atoms with Crippen LogP contribution in [0.25, 0.3) is 11.0 Å². The van der Waals surface area contributed by atoms with E-state index < -0.39 is 0 Å². The van der Waals surface area contributed by atoms with Gasteiger partial charge in [-0.05, 0) is 32.2 Å². The van der Waals surface area contributed by atoms with E-state index >= 15 is 0 Å². The third-order valence-electron chi connectivity index (χ3n) is 5.05. The van der Waals surface area contributed by atoms with Gasteiger partial charge in [0.2, 0.25) is 0 Å². The van der Waals surface area contributed by atoms with Crippen LogP contribution >= 0.6 is 12.4 Å². The summed E-state index contributed by atoms with van der Waals surface area (Å²) < 4.78 is 5.80. The van der Waals surface area contributed by atoms with Crippen LogP contribution in [0.15, 0.2) is 52.9 Å². The zero-order valence-electron chi connectivity index (χ0n) is 15.6. The van der Waals surface area contributed by atoms with E-state index in [1.54, 1.807) is 0 Å². The highest BCUT2D eigenvalue weighted by atomic mass is 35.5. The van der Waals surface area contributed by atoms with E-state index in [-0.39, 0.29) is 18.3 Å². The summed E-state index contributed by atoms with van der Waals surface area (Å²) >= 11 is 0. The number of rotatable bonds is 3. The maximum absolute atomic E-state index is 12.9. The van der Waals surface area contributed by atoms with Gasteiger partial charge in [0, 0.05) is 37.1 Å². The van der Waals surface area contributed by atoms with Crippen LogP contribution in [0.1, 0.15) is 16.1 Å². The first-order chi connectivity index (χ1) is 12.6. The fourth-order valence-corrected chi connectivity index (χ4v) is 3.47. The first kappa shape index (κ1) is 19.3. The molecule has 1 saturated heterocycles. The Hall–Kier alpha value is -2.50. The molecule has 6 heteroatoms. The van der Waals surface area contributed by atoms with Crippen molar-refractivity contribution >= 4 is 40.7 Å². The lowest BCUT2D eigenvalue weighted by atomic mass is 10.1. The van der Waals surface area contributed by atoms with Crippen molar-refractivity contribution in [3.63, 3.8) is 0 Å². The first-order valence-electron chi connectivity index (χ1n) is 8.95. The van der Waals surface area contributed by atoms with Gasteiger partial charge in [-0.15, -0.1) is 12.4 Å². The number of aryl methyl sites for hydroxylation is 1. The lowest BCUT2D eigenvalue weighted by Crippen LogP contribution is -2.44. The van der Waals surface area contributed by atoms with E-state index in [9.17, 15) is 4.79 Å². The summed E-state index contributed by atoms with van der Waals surface area (Å²) in [6.45, 7) is 5.86. The third-order valence-corrected chi connectivity index (χ3v) is 5.05. The van der Waals surface area contributed by atoms with Crippen LogP contribution in [0.2, 0.25) is 0 Å². The molecule has 0 aliphatic carbocycles. The van der Waals surface area contributed by atoms with Gasteiger partial charge in [-0.25, -0.2) is 0 Å². The molecule has 27 heavy (non-hydrogen) atoms. The number of carbonyl (C=O) groups excluding carboxylic acids is 1. The van der Waals surface area contributed by atoms with Gasteiger partial charge in [0.15, 0.2) is 5.76 Å². The van der Waals surface area contributed by atoms with Crippen molar-refractivity contribution in [1.82, 2.24) is 4.90 Å². The molecule has 2 aromatic carbocycles. The quantitative estimate of drug-likeness (QED) is 0.735. The van der Waals surface area contributed by atoms with Gasteiger partial charge in [0.1, 0.15) is 5.58 Å². The molecule has 3 aromatic rings. The molecule has 0 unspecified atom stereocenters. The number of piperazine rings is 1. The summed E-state index contributed by atoms with van der Waals surface area (Å²) in [4.78, 5) is 17.5. The molecule has 4 rings (SSSR count). The number of benzene rings is 2. The van der Waals surface area contributed by atoms with Crippen LogP contribution in [0, 0.1) is 6.92 Å². The fourth-order valence-electron chi connectivity index (χ4n) is 3.47. The normalized spacial score (nSPS) is 14.8. The molecule has 0 radical (unpaired) electrons. The maximum atomic E-state index is 12.9. The molecule has 0 saturated carbocycles. The van der Waals surface area contributed by atoms with Crippen molar-refractivity contribution < 1.29 is 9.21 Å². The lowest BCUT2D eigenvalue weighted by molar-refractivity contribution is 0.0998. The smallest absolute Gasteiger partial charge is 0.291 e. The van der Waals surface area contributed by atoms with Crippen LogP contribution in [0.5, 0.6) is 0 Å². The molecular weight excluding hydrogens is 362 g/mol. The molecule has 0 bridgehead atoms. The summed E-state index contributed by atoms with van der Waals surface area (Å²) in [6, 6.07) is 15.7. The number of likely N-dealkylation sites (N-methyl/N-ethyl adjacent to an activating group) is 1. The largest absolute Gasteiger partial charge is 0.451 e. The van der Waals surface area contributed by atoms with E-state index in [1.807, 2.05) is 49.4 Å². The average Bonchev–Trinajstić information content (AvgIpc) is 3.00. The molecule has 142 valence electrons. The van der Waals surface area contributed by atoms with Crippen LogP contribution in [0.3, 0.4) is 0 Å². The highest BCUT2D eigenvalue weighted by Gasteiger charge is 2.21. The second-order valence-corrected chi connectivity index (χ2v) is 6.81. The standard InChI is InChI=1S/C21H23N3O2.ClH/c1-15-16-7-3-6-10-19(16)26-20(15)21(25)22-17-8-4-5-9-18(17)24-13-11-23(2)12-14-24;/h3-10H,11-14H2,1-2H3,(H,22,25);1H. The van der Waals surface area contributed by atoms with Crippen molar-refractivity contribution in [2.75, 3.05) is 43.4 Å². The van der Waals surface area contributed by atoms with Gasteiger partial charge in [0.05, 0.1) is 11.4 Å². The number of hydrogen-bond donors (Lipinski definition) is 1.